The molecule has 3 heteroatoms. The monoisotopic (exact) mass is 449 g/mol. The molecule has 1 aliphatic heterocycles. The first-order valence-electron chi connectivity index (χ1n) is 11.5. The summed E-state index contributed by atoms with van der Waals surface area (Å²) in [5, 5.41) is 4.07. The fraction of sp³-hybridized carbons (Fsp3) is 0.167. The lowest BCUT2D eigenvalue weighted by atomic mass is 10.1. The summed E-state index contributed by atoms with van der Waals surface area (Å²) in [5.41, 5.74) is 5.05. The molecule has 164 valence electrons. The van der Waals surface area contributed by atoms with Crippen LogP contribution in [0.15, 0.2) is 108 Å². The number of ether oxygens (including phenoxy) is 1. The Kier molecular flexibility index (Phi) is 6.37. The van der Waals surface area contributed by atoms with E-state index in [9.17, 15) is 0 Å². The molecule has 2 nitrogen and oxygen atoms in total. The Morgan fingerprint density at radius 1 is 0.697 bits per heavy atom. The summed E-state index contributed by atoms with van der Waals surface area (Å²) in [6.07, 6.45) is 0.900. The highest BCUT2D eigenvalue weighted by Gasteiger charge is 2.27. The quantitative estimate of drug-likeness (QED) is 0.359. The number of hydrogen-bond acceptors (Lipinski definition) is 2. The van der Waals surface area contributed by atoms with Crippen LogP contribution in [0.2, 0.25) is 0 Å². The molecule has 0 amide bonds. The number of aliphatic imine (C=N–C) groups is 1. The first kappa shape index (κ1) is 21.6. The topological polar surface area (TPSA) is 21.6 Å². The van der Waals surface area contributed by atoms with Gasteiger partial charge in [0, 0.05) is 5.56 Å². The SMILES string of the molecule is Cc1ccccc1P(c1ccccc1C)c1ccccc1C1=N[C@@H](Cc2ccccc2)CO1. The lowest BCUT2D eigenvalue weighted by molar-refractivity contribution is 0.317. The highest BCUT2D eigenvalue weighted by Crippen LogP contribution is 2.37. The largest absolute Gasteiger partial charge is 0.475 e. The molecule has 0 unspecified atom stereocenters. The van der Waals surface area contributed by atoms with E-state index in [1.165, 1.54) is 32.6 Å². The van der Waals surface area contributed by atoms with Crippen molar-refractivity contribution in [1.82, 2.24) is 0 Å². The van der Waals surface area contributed by atoms with Crippen LogP contribution in [0.4, 0.5) is 0 Å². The van der Waals surface area contributed by atoms with Crippen molar-refractivity contribution in [3.05, 3.63) is 125 Å². The number of aryl methyl sites for hydroxylation is 2. The van der Waals surface area contributed by atoms with Gasteiger partial charge in [0.05, 0.1) is 6.04 Å². The molecule has 1 heterocycles. The summed E-state index contributed by atoms with van der Waals surface area (Å²) >= 11 is 0. The van der Waals surface area contributed by atoms with E-state index in [0.29, 0.717) is 6.61 Å². The van der Waals surface area contributed by atoms with E-state index in [-0.39, 0.29) is 6.04 Å². The summed E-state index contributed by atoms with van der Waals surface area (Å²) in [4.78, 5) is 5.03. The molecular formula is C30H28NOP. The standard InChI is InChI=1S/C30H28NOP/c1-22-12-6-9-17-27(22)33(28-18-10-7-13-23(28)2)29-19-11-8-16-26(29)30-31-25(21-32-30)20-24-14-4-3-5-15-24/h3-19,25H,20-21H2,1-2H3/t25-/m0/s1. The second-order valence-electron chi connectivity index (χ2n) is 8.51. The highest BCUT2D eigenvalue weighted by atomic mass is 31.1. The first-order chi connectivity index (χ1) is 16.2. The van der Waals surface area contributed by atoms with Gasteiger partial charge >= 0.3 is 0 Å². The van der Waals surface area contributed by atoms with E-state index >= 15 is 0 Å². The Bertz CT molecular complexity index is 1240. The highest BCUT2D eigenvalue weighted by molar-refractivity contribution is 7.80. The molecule has 5 rings (SSSR count). The minimum atomic E-state index is -0.748. The average Bonchev–Trinajstić information content (AvgIpc) is 3.31. The van der Waals surface area contributed by atoms with Gasteiger partial charge < -0.3 is 4.74 Å². The molecule has 1 atom stereocenters. The van der Waals surface area contributed by atoms with E-state index < -0.39 is 7.92 Å². The van der Waals surface area contributed by atoms with Gasteiger partial charge in [-0.05, 0) is 66.9 Å². The zero-order valence-corrected chi connectivity index (χ0v) is 20.0. The zero-order chi connectivity index (χ0) is 22.6. The van der Waals surface area contributed by atoms with Gasteiger partial charge in [0.2, 0.25) is 5.90 Å². The van der Waals surface area contributed by atoms with Gasteiger partial charge in [-0.2, -0.15) is 0 Å². The average molecular weight is 450 g/mol. The fourth-order valence-electron chi connectivity index (χ4n) is 4.42. The maximum Gasteiger partial charge on any atom is 0.217 e. The molecular weight excluding hydrogens is 421 g/mol. The van der Waals surface area contributed by atoms with Gasteiger partial charge in [-0.3, -0.25) is 0 Å². The molecule has 0 aliphatic carbocycles. The van der Waals surface area contributed by atoms with Gasteiger partial charge in [0.1, 0.15) is 6.61 Å². The van der Waals surface area contributed by atoms with E-state index in [0.717, 1.165) is 17.9 Å². The maximum absolute atomic E-state index is 6.21. The van der Waals surface area contributed by atoms with Crippen molar-refractivity contribution < 1.29 is 4.74 Å². The third-order valence-corrected chi connectivity index (χ3v) is 8.95. The van der Waals surface area contributed by atoms with Crippen molar-refractivity contribution in [3.63, 3.8) is 0 Å². The van der Waals surface area contributed by atoms with Crippen LogP contribution >= 0.6 is 7.92 Å². The second-order valence-corrected chi connectivity index (χ2v) is 10.6. The van der Waals surface area contributed by atoms with Crippen LogP contribution in [0.3, 0.4) is 0 Å². The Morgan fingerprint density at radius 3 is 1.88 bits per heavy atom. The van der Waals surface area contributed by atoms with Crippen LogP contribution in [0.1, 0.15) is 22.3 Å². The van der Waals surface area contributed by atoms with Crippen LogP contribution in [-0.4, -0.2) is 18.5 Å². The summed E-state index contributed by atoms with van der Waals surface area (Å²) < 4.78 is 6.21. The van der Waals surface area contributed by atoms with Crippen LogP contribution in [0.25, 0.3) is 0 Å². The minimum Gasteiger partial charge on any atom is -0.475 e. The number of rotatable bonds is 6. The predicted molar refractivity (Wildman–Crippen MR) is 141 cm³/mol. The lowest BCUT2D eigenvalue weighted by Crippen LogP contribution is -2.27. The fourth-order valence-corrected chi connectivity index (χ4v) is 7.17. The number of hydrogen-bond donors (Lipinski definition) is 0. The van der Waals surface area contributed by atoms with Gasteiger partial charge in [-0.15, -0.1) is 0 Å². The summed E-state index contributed by atoms with van der Waals surface area (Å²) in [6.45, 7) is 5.06. The van der Waals surface area contributed by atoms with Crippen LogP contribution in [0, 0.1) is 13.8 Å². The molecule has 0 spiro atoms. The van der Waals surface area contributed by atoms with E-state index in [1.807, 2.05) is 0 Å². The van der Waals surface area contributed by atoms with Gasteiger partial charge in [-0.1, -0.05) is 97.1 Å². The molecule has 0 saturated carbocycles. The van der Waals surface area contributed by atoms with Crippen molar-refractivity contribution in [2.45, 2.75) is 26.3 Å². The lowest BCUT2D eigenvalue weighted by Gasteiger charge is -2.25. The Balaban J connectivity index is 1.58. The van der Waals surface area contributed by atoms with E-state index in [4.69, 9.17) is 9.73 Å². The first-order valence-corrected chi connectivity index (χ1v) is 12.8. The van der Waals surface area contributed by atoms with Crippen molar-refractivity contribution in [2.24, 2.45) is 4.99 Å². The summed E-state index contributed by atoms with van der Waals surface area (Å²) in [7, 11) is -0.748. The van der Waals surface area contributed by atoms with Crippen LogP contribution < -0.4 is 15.9 Å². The third kappa shape index (κ3) is 4.63. The zero-order valence-electron chi connectivity index (χ0n) is 19.1. The summed E-state index contributed by atoms with van der Waals surface area (Å²) in [5.74, 6) is 0.779. The Labute approximate surface area is 197 Å². The van der Waals surface area contributed by atoms with Crippen molar-refractivity contribution >= 4 is 29.7 Å². The molecule has 0 saturated heterocycles. The number of nitrogens with zero attached hydrogens (tertiary/aromatic N) is 1. The molecule has 0 N–H and O–H groups in total. The molecule has 4 aromatic rings. The third-order valence-electron chi connectivity index (χ3n) is 6.11. The molecule has 0 radical (unpaired) electrons. The van der Waals surface area contributed by atoms with Crippen LogP contribution in [0.5, 0.6) is 0 Å². The van der Waals surface area contributed by atoms with Crippen molar-refractivity contribution in [2.75, 3.05) is 6.61 Å². The Morgan fingerprint density at radius 2 is 1.24 bits per heavy atom. The maximum atomic E-state index is 6.21. The predicted octanol–water partition coefficient (Wildman–Crippen LogP) is 5.45. The van der Waals surface area contributed by atoms with Crippen molar-refractivity contribution in [3.8, 4) is 0 Å². The molecule has 33 heavy (non-hydrogen) atoms. The molecule has 0 bridgehead atoms. The molecule has 0 aromatic heterocycles. The summed E-state index contributed by atoms with van der Waals surface area (Å²) in [6, 6.07) is 36.9. The molecule has 4 aromatic carbocycles. The smallest absolute Gasteiger partial charge is 0.217 e. The normalized spacial score (nSPS) is 15.4. The van der Waals surface area contributed by atoms with E-state index in [2.05, 4.69) is 117 Å². The molecule has 0 fully saturated rings. The minimum absolute atomic E-state index is 0.151. The van der Waals surface area contributed by atoms with Gasteiger partial charge in [0.25, 0.3) is 0 Å². The second kappa shape index (κ2) is 9.73. The number of benzene rings is 4. The van der Waals surface area contributed by atoms with Crippen LogP contribution in [-0.2, 0) is 11.2 Å². The molecule has 1 aliphatic rings. The van der Waals surface area contributed by atoms with Gasteiger partial charge in [0.15, 0.2) is 0 Å². The van der Waals surface area contributed by atoms with Gasteiger partial charge in [-0.25, -0.2) is 4.99 Å². The Hall–Kier alpha value is -3.22. The van der Waals surface area contributed by atoms with Crippen molar-refractivity contribution in [1.29, 1.82) is 0 Å². The van der Waals surface area contributed by atoms with E-state index in [1.54, 1.807) is 0 Å².